The van der Waals surface area contributed by atoms with Gasteiger partial charge in [-0.2, -0.15) is 0 Å². The first-order valence-electron chi connectivity index (χ1n) is 19.4. The van der Waals surface area contributed by atoms with Crippen LogP contribution in [0.1, 0.15) is 31.2 Å². The molecule has 3 nitrogen and oxygen atoms in total. The van der Waals surface area contributed by atoms with Crippen molar-refractivity contribution in [2.24, 2.45) is 0 Å². The lowest BCUT2D eigenvalue weighted by Gasteiger charge is -2.13. The molecule has 0 bridgehead atoms. The molecular formula is C53H39N3. The molecule has 0 radical (unpaired) electrons. The summed E-state index contributed by atoms with van der Waals surface area (Å²) in [6.07, 6.45) is 17.0. The van der Waals surface area contributed by atoms with E-state index in [0.29, 0.717) is 0 Å². The van der Waals surface area contributed by atoms with Gasteiger partial charge in [0, 0.05) is 28.0 Å². The fourth-order valence-electron chi connectivity index (χ4n) is 8.11. The van der Waals surface area contributed by atoms with E-state index in [1.165, 1.54) is 60.1 Å². The SMILES string of the molecule is C/C=C\C=C/c1ccc(-c2ccc3cc(-c4ccc5c(ccc6c5c5ccccc5n6-c5cc(-c6ccccc6)nc(C6=CCCC=C6)n5)c4)ccc3c2)cc1. The van der Waals surface area contributed by atoms with Crippen molar-refractivity contribution < 1.29 is 0 Å². The van der Waals surface area contributed by atoms with E-state index in [1.54, 1.807) is 0 Å². The van der Waals surface area contributed by atoms with E-state index in [2.05, 4.69) is 181 Å². The molecule has 0 fully saturated rings. The normalized spacial score (nSPS) is 13.2. The molecule has 0 amide bonds. The van der Waals surface area contributed by atoms with Crippen LogP contribution in [0.5, 0.6) is 0 Å². The van der Waals surface area contributed by atoms with Gasteiger partial charge in [-0.15, -0.1) is 0 Å². The second kappa shape index (κ2) is 14.3. The minimum absolute atomic E-state index is 0.753. The molecule has 0 aliphatic heterocycles. The number of rotatable bonds is 7. The standard InChI is InChI=1S/C53H39N3/c1-2-3-6-13-36-20-22-37(23-21-36)40-24-25-42-33-43(27-26-41(42)32-40)44-28-30-46-45(34-44)29-31-50-52(46)47-18-11-12-19-49(47)56(50)51-35-48(38-14-7-4-8-15-38)54-53(55-51)39-16-9-5-10-17-39/h2-4,6-9,11-35H,5,10H2,1H3/b3-2-,13-6-. The van der Waals surface area contributed by atoms with Crippen LogP contribution in [0.2, 0.25) is 0 Å². The van der Waals surface area contributed by atoms with Gasteiger partial charge in [-0.1, -0.05) is 158 Å². The van der Waals surface area contributed by atoms with E-state index in [-0.39, 0.29) is 0 Å². The molecule has 0 unspecified atom stereocenters. The average Bonchev–Trinajstić information content (AvgIpc) is 3.61. The minimum Gasteiger partial charge on any atom is -0.294 e. The van der Waals surface area contributed by atoms with E-state index in [1.807, 2.05) is 25.1 Å². The Labute approximate surface area is 326 Å². The largest absolute Gasteiger partial charge is 0.294 e. The molecule has 2 aromatic heterocycles. The van der Waals surface area contributed by atoms with Gasteiger partial charge in [0.05, 0.1) is 16.7 Å². The number of benzene rings is 7. The van der Waals surface area contributed by atoms with Crippen LogP contribution < -0.4 is 0 Å². The van der Waals surface area contributed by atoms with Crippen LogP contribution in [0.15, 0.2) is 188 Å². The maximum Gasteiger partial charge on any atom is 0.161 e. The van der Waals surface area contributed by atoms with E-state index in [4.69, 9.17) is 9.97 Å². The fraction of sp³-hybridized carbons (Fsp3) is 0.0566. The molecule has 0 saturated carbocycles. The fourth-order valence-corrected chi connectivity index (χ4v) is 8.11. The summed E-state index contributed by atoms with van der Waals surface area (Å²) in [5.41, 5.74) is 11.4. The van der Waals surface area contributed by atoms with Gasteiger partial charge >= 0.3 is 0 Å². The Morgan fingerprint density at radius 3 is 2.00 bits per heavy atom. The number of aromatic nitrogens is 3. The predicted molar refractivity (Wildman–Crippen MR) is 238 cm³/mol. The minimum atomic E-state index is 0.753. The third kappa shape index (κ3) is 6.14. The first kappa shape index (κ1) is 33.5. The summed E-state index contributed by atoms with van der Waals surface area (Å²) in [5, 5.41) is 7.34. The van der Waals surface area contributed by atoms with Crippen molar-refractivity contribution in [1.29, 1.82) is 0 Å². The lowest BCUT2D eigenvalue weighted by Crippen LogP contribution is -2.04. The molecule has 2 heterocycles. The van der Waals surface area contributed by atoms with Gasteiger partial charge in [-0.3, -0.25) is 4.57 Å². The zero-order chi connectivity index (χ0) is 37.4. The quantitative estimate of drug-likeness (QED) is 0.154. The van der Waals surface area contributed by atoms with Gasteiger partial charge in [0.15, 0.2) is 5.82 Å². The summed E-state index contributed by atoms with van der Waals surface area (Å²) < 4.78 is 2.32. The highest BCUT2D eigenvalue weighted by atomic mass is 15.1. The molecule has 266 valence electrons. The molecule has 0 N–H and O–H groups in total. The Morgan fingerprint density at radius 2 is 1.23 bits per heavy atom. The van der Waals surface area contributed by atoms with Crippen molar-refractivity contribution >= 4 is 55.0 Å². The first-order chi connectivity index (χ1) is 27.7. The zero-order valence-corrected chi connectivity index (χ0v) is 31.2. The van der Waals surface area contributed by atoms with Crippen LogP contribution in [0.4, 0.5) is 0 Å². The molecule has 0 saturated heterocycles. The van der Waals surface area contributed by atoms with Crippen molar-refractivity contribution in [3.05, 3.63) is 200 Å². The third-order valence-corrected chi connectivity index (χ3v) is 10.9. The maximum atomic E-state index is 5.25. The Morgan fingerprint density at radius 1 is 0.536 bits per heavy atom. The Kier molecular flexibility index (Phi) is 8.53. The van der Waals surface area contributed by atoms with Crippen molar-refractivity contribution in [2.45, 2.75) is 19.8 Å². The van der Waals surface area contributed by atoms with Crippen molar-refractivity contribution in [3.8, 4) is 39.3 Å². The Balaban J connectivity index is 1.05. The number of allylic oxidation sites excluding steroid dienone is 7. The highest BCUT2D eigenvalue weighted by Gasteiger charge is 2.19. The number of hydrogen-bond acceptors (Lipinski definition) is 2. The second-order valence-electron chi connectivity index (χ2n) is 14.5. The van der Waals surface area contributed by atoms with E-state index < -0.39 is 0 Å². The van der Waals surface area contributed by atoms with Crippen LogP contribution in [0.25, 0.3) is 94.3 Å². The summed E-state index contributed by atoms with van der Waals surface area (Å²) in [5.74, 6) is 1.62. The van der Waals surface area contributed by atoms with Gasteiger partial charge in [0.2, 0.25) is 0 Å². The summed E-state index contributed by atoms with van der Waals surface area (Å²) in [4.78, 5) is 10.3. The Bertz CT molecular complexity index is 3070. The van der Waals surface area contributed by atoms with E-state index >= 15 is 0 Å². The highest BCUT2D eigenvalue weighted by Crippen LogP contribution is 2.39. The first-order valence-corrected chi connectivity index (χ1v) is 19.4. The number of hydrogen-bond donors (Lipinski definition) is 0. The highest BCUT2D eigenvalue weighted by molar-refractivity contribution is 6.21. The third-order valence-electron chi connectivity index (χ3n) is 10.9. The van der Waals surface area contributed by atoms with E-state index in [0.717, 1.165) is 52.3 Å². The average molecular weight is 718 g/mol. The van der Waals surface area contributed by atoms with Crippen LogP contribution in [-0.2, 0) is 0 Å². The van der Waals surface area contributed by atoms with Gasteiger partial charge in [-0.25, -0.2) is 9.97 Å². The van der Waals surface area contributed by atoms with Crippen LogP contribution in [0, 0.1) is 0 Å². The number of nitrogens with zero attached hydrogens (tertiary/aromatic N) is 3. The second-order valence-corrected chi connectivity index (χ2v) is 14.5. The molecule has 0 atom stereocenters. The molecule has 3 heteroatoms. The maximum absolute atomic E-state index is 5.25. The number of fused-ring (bicyclic) bond motifs is 6. The molecule has 7 aromatic carbocycles. The smallest absolute Gasteiger partial charge is 0.161 e. The Hall–Kier alpha value is -7.10. The van der Waals surface area contributed by atoms with Crippen LogP contribution in [0.3, 0.4) is 0 Å². The summed E-state index contributed by atoms with van der Waals surface area (Å²) in [6, 6.07) is 55.0. The summed E-state index contributed by atoms with van der Waals surface area (Å²) >= 11 is 0. The lowest BCUT2D eigenvalue weighted by atomic mass is 9.95. The van der Waals surface area contributed by atoms with Gasteiger partial charge in [0.25, 0.3) is 0 Å². The molecule has 56 heavy (non-hydrogen) atoms. The zero-order valence-electron chi connectivity index (χ0n) is 31.2. The topological polar surface area (TPSA) is 30.7 Å². The predicted octanol–water partition coefficient (Wildman–Crippen LogP) is 14.2. The molecule has 9 aromatic rings. The lowest BCUT2D eigenvalue weighted by molar-refractivity contribution is 1.000. The molecule has 1 aliphatic carbocycles. The van der Waals surface area contributed by atoms with Gasteiger partial charge in [0.1, 0.15) is 5.82 Å². The van der Waals surface area contributed by atoms with Crippen LogP contribution >= 0.6 is 0 Å². The van der Waals surface area contributed by atoms with Crippen molar-refractivity contribution in [2.75, 3.05) is 0 Å². The van der Waals surface area contributed by atoms with Gasteiger partial charge in [-0.05, 0) is 99.5 Å². The molecular weight excluding hydrogens is 679 g/mol. The molecule has 10 rings (SSSR count). The molecule has 0 spiro atoms. The summed E-state index contributed by atoms with van der Waals surface area (Å²) in [6.45, 7) is 2.03. The van der Waals surface area contributed by atoms with Crippen molar-refractivity contribution in [1.82, 2.24) is 14.5 Å². The van der Waals surface area contributed by atoms with E-state index in [9.17, 15) is 0 Å². The van der Waals surface area contributed by atoms with Gasteiger partial charge < -0.3 is 0 Å². The van der Waals surface area contributed by atoms with Crippen LogP contribution in [-0.4, -0.2) is 14.5 Å². The number of para-hydroxylation sites is 1. The monoisotopic (exact) mass is 717 g/mol. The van der Waals surface area contributed by atoms with Crippen molar-refractivity contribution in [3.63, 3.8) is 0 Å². The summed E-state index contributed by atoms with van der Waals surface area (Å²) in [7, 11) is 0. The molecule has 1 aliphatic rings.